The van der Waals surface area contributed by atoms with Gasteiger partial charge in [-0.15, -0.1) is 0 Å². The van der Waals surface area contributed by atoms with E-state index in [1.54, 1.807) is 0 Å². The molecular weight excluding hydrogens is 272 g/mol. The Balaban J connectivity index is 1.53. The number of H-pyrrole nitrogens is 1. The normalized spacial score (nSPS) is 23.4. The van der Waals surface area contributed by atoms with E-state index in [4.69, 9.17) is 4.74 Å². The third-order valence-electron chi connectivity index (χ3n) is 5.41. The maximum absolute atomic E-state index is 5.50. The maximum Gasteiger partial charge on any atom is 0.0471 e. The van der Waals surface area contributed by atoms with Crippen molar-refractivity contribution in [2.45, 2.75) is 50.5 Å². The Morgan fingerprint density at radius 3 is 2.86 bits per heavy atom. The van der Waals surface area contributed by atoms with Crippen molar-refractivity contribution < 1.29 is 4.74 Å². The van der Waals surface area contributed by atoms with Crippen molar-refractivity contribution in [1.82, 2.24) is 10.3 Å². The number of hydrogen-bond acceptors (Lipinski definition) is 2. The number of aryl methyl sites for hydroxylation is 1. The quantitative estimate of drug-likeness (QED) is 0.902. The number of benzene rings is 1. The van der Waals surface area contributed by atoms with Crippen molar-refractivity contribution in [2.75, 3.05) is 19.8 Å². The smallest absolute Gasteiger partial charge is 0.0471 e. The Morgan fingerprint density at radius 2 is 2.05 bits per heavy atom. The first-order valence-electron chi connectivity index (χ1n) is 8.81. The Labute approximate surface area is 132 Å². The molecule has 2 aromatic rings. The van der Waals surface area contributed by atoms with Gasteiger partial charge in [-0.3, -0.25) is 0 Å². The minimum atomic E-state index is 0.678. The zero-order valence-corrected chi connectivity index (χ0v) is 13.2. The summed E-state index contributed by atoms with van der Waals surface area (Å²) in [4.78, 5) is 3.45. The van der Waals surface area contributed by atoms with E-state index >= 15 is 0 Å². The SMILES string of the molecule is c1cc2[nH]cc(CCC3CCCN3)c2cc1C1CCOCC1. The summed E-state index contributed by atoms with van der Waals surface area (Å²) in [5.74, 6) is 0.678. The van der Waals surface area contributed by atoms with Gasteiger partial charge < -0.3 is 15.0 Å². The molecule has 3 heteroatoms. The van der Waals surface area contributed by atoms with Gasteiger partial charge in [-0.25, -0.2) is 0 Å². The van der Waals surface area contributed by atoms with E-state index in [2.05, 4.69) is 34.7 Å². The fourth-order valence-electron chi connectivity index (χ4n) is 4.02. The average Bonchev–Trinajstić information content (AvgIpc) is 3.23. The van der Waals surface area contributed by atoms with Gasteiger partial charge in [-0.2, -0.15) is 0 Å². The molecule has 2 N–H and O–H groups in total. The van der Waals surface area contributed by atoms with Crippen molar-refractivity contribution >= 4 is 10.9 Å². The van der Waals surface area contributed by atoms with Crippen LogP contribution in [0.3, 0.4) is 0 Å². The summed E-state index contributed by atoms with van der Waals surface area (Å²) in [5.41, 5.74) is 4.26. The molecule has 1 aromatic carbocycles. The highest BCUT2D eigenvalue weighted by Gasteiger charge is 2.18. The van der Waals surface area contributed by atoms with Crippen LogP contribution in [-0.2, 0) is 11.2 Å². The highest BCUT2D eigenvalue weighted by molar-refractivity contribution is 5.84. The summed E-state index contributed by atoms with van der Waals surface area (Å²) >= 11 is 0. The van der Waals surface area contributed by atoms with Gasteiger partial charge in [-0.05, 0) is 74.2 Å². The molecule has 1 atom stereocenters. The monoisotopic (exact) mass is 298 g/mol. The summed E-state index contributed by atoms with van der Waals surface area (Å²) in [7, 11) is 0. The second kappa shape index (κ2) is 6.43. The third-order valence-corrected chi connectivity index (χ3v) is 5.41. The van der Waals surface area contributed by atoms with Crippen molar-refractivity contribution in [3.05, 3.63) is 35.5 Å². The summed E-state index contributed by atoms with van der Waals surface area (Å²) in [6.45, 7) is 3.03. The molecule has 0 spiro atoms. The van der Waals surface area contributed by atoms with E-state index < -0.39 is 0 Å². The number of rotatable bonds is 4. The number of ether oxygens (including phenoxy) is 1. The molecule has 2 aliphatic rings. The Hall–Kier alpha value is -1.32. The first-order valence-corrected chi connectivity index (χ1v) is 8.81. The number of nitrogens with one attached hydrogen (secondary N) is 2. The fourth-order valence-corrected chi connectivity index (χ4v) is 4.02. The third kappa shape index (κ3) is 2.92. The van der Waals surface area contributed by atoms with Gasteiger partial charge in [0, 0.05) is 36.4 Å². The van der Waals surface area contributed by atoms with Crippen LogP contribution in [0.25, 0.3) is 10.9 Å². The molecule has 1 aromatic heterocycles. The predicted octanol–water partition coefficient (Wildman–Crippen LogP) is 3.75. The molecule has 0 radical (unpaired) electrons. The number of aromatic amines is 1. The Bertz CT molecular complexity index is 621. The lowest BCUT2D eigenvalue weighted by atomic mass is 9.90. The number of fused-ring (bicyclic) bond motifs is 1. The van der Waals surface area contributed by atoms with Crippen molar-refractivity contribution in [3.63, 3.8) is 0 Å². The van der Waals surface area contributed by atoms with Crippen LogP contribution in [0.15, 0.2) is 24.4 Å². The molecule has 2 aliphatic heterocycles. The summed E-state index contributed by atoms with van der Waals surface area (Å²) in [5, 5.41) is 5.04. The Kier molecular flexibility index (Phi) is 4.17. The second-order valence-electron chi connectivity index (χ2n) is 6.84. The van der Waals surface area contributed by atoms with Crippen molar-refractivity contribution in [2.24, 2.45) is 0 Å². The van der Waals surface area contributed by atoms with Crippen molar-refractivity contribution in [1.29, 1.82) is 0 Å². The van der Waals surface area contributed by atoms with E-state index in [0.717, 1.165) is 32.1 Å². The van der Waals surface area contributed by atoms with Gasteiger partial charge in [0.1, 0.15) is 0 Å². The van der Waals surface area contributed by atoms with Crippen molar-refractivity contribution in [3.8, 4) is 0 Å². The molecule has 0 amide bonds. The fraction of sp³-hybridized carbons (Fsp3) is 0.579. The summed E-state index contributed by atoms with van der Waals surface area (Å²) < 4.78 is 5.50. The predicted molar refractivity (Wildman–Crippen MR) is 90.4 cm³/mol. The number of aromatic nitrogens is 1. The van der Waals surface area contributed by atoms with Gasteiger partial charge in [0.05, 0.1) is 0 Å². The summed E-state index contributed by atoms with van der Waals surface area (Å²) in [6, 6.07) is 7.72. The average molecular weight is 298 g/mol. The van der Waals surface area contributed by atoms with Crippen LogP contribution in [0.5, 0.6) is 0 Å². The molecule has 118 valence electrons. The molecule has 0 saturated carbocycles. The minimum absolute atomic E-state index is 0.678. The lowest BCUT2D eigenvalue weighted by molar-refractivity contribution is 0.0853. The van der Waals surface area contributed by atoms with Gasteiger partial charge in [-0.1, -0.05) is 6.07 Å². The zero-order chi connectivity index (χ0) is 14.8. The van der Waals surface area contributed by atoms with Crippen LogP contribution >= 0.6 is 0 Å². The topological polar surface area (TPSA) is 37.0 Å². The van der Waals surface area contributed by atoms with Gasteiger partial charge in [0.2, 0.25) is 0 Å². The van der Waals surface area contributed by atoms with E-state index in [1.165, 1.54) is 54.3 Å². The van der Waals surface area contributed by atoms with Crippen LogP contribution in [0.2, 0.25) is 0 Å². The lowest BCUT2D eigenvalue weighted by Gasteiger charge is -2.22. The molecule has 2 saturated heterocycles. The van der Waals surface area contributed by atoms with E-state index in [0.29, 0.717) is 5.92 Å². The molecule has 4 rings (SSSR count). The van der Waals surface area contributed by atoms with Crippen LogP contribution in [0, 0.1) is 0 Å². The molecule has 0 bridgehead atoms. The van der Waals surface area contributed by atoms with E-state index in [-0.39, 0.29) is 0 Å². The highest BCUT2D eigenvalue weighted by Crippen LogP contribution is 2.30. The van der Waals surface area contributed by atoms with Crippen LogP contribution in [0.1, 0.15) is 49.1 Å². The van der Waals surface area contributed by atoms with Crippen LogP contribution in [-0.4, -0.2) is 30.8 Å². The molecular formula is C19H26N2O. The molecule has 2 fully saturated rings. The molecule has 22 heavy (non-hydrogen) atoms. The highest BCUT2D eigenvalue weighted by atomic mass is 16.5. The second-order valence-corrected chi connectivity index (χ2v) is 6.84. The van der Waals surface area contributed by atoms with E-state index in [9.17, 15) is 0 Å². The lowest BCUT2D eigenvalue weighted by Crippen LogP contribution is -2.21. The van der Waals surface area contributed by atoms with Crippen LogP contribution in [0.4, 0.5) is 0 Å². The number of hydrogen-bond donors (Lipinski definition) is 2. The molecule has 0 aliphatic carbocycles. The Morgan fingerprint density at radius 1 is 1.14 bits per heavy atom. The molecule has 1 unspecified atom stereocenters. The largest absolute Gasteiger partial charge is 0.381 e. The van der Waals surface area contributed by atoms with Gasteiger partial charge in [0.15, 0.2) is 0 Å². The standard InChI is InChI=1S/C19H26N2O/c1-2-17(20-9-1)5-3-16-13-21-19-6-4-15(12-18(16)19)14-7-10-22-11-8-14/h4,6,12-14,17,20-21H,1-3,5,7-11H2. The maximum atomic E-state index is 5.50. The molecule has 3 heterocycles. The van der Waals surface area contributed by atoms with Gasteiger partial charge in [0.25, 0.3) is 0 Å². The summed E-state index contributed by atoms with van der Waals surface area (Å²) in [6.07, 6.45) is 9.66. The zero-order valence-electron chi connectivity index (χ0n) is 13.2. The van der Waals surface area contributed by atoms with Crippen LogP contribution < -0.4 is 5.32 Å². The van der Waals surface area contributed by atoms with E-state index in [1.807, 2.05) is 0 Å². The van der Waals surface area contributed by atoms with Gasteiger partial charge >= 0.3 is 0 Å². The first-order chi connectivity index (χ1) is 10.9. The minimum Gasteiger partial charge on any atom is -0.381 e. The first kappa shape index (κ1) is 14.3. The molecule has 3 nitrogen and oxygen atoms in total.